The Bertz CT molecular complexity index is 729. The number of pyridine rings is 1. The zero-order valence-corrected chi connectivity index (χ0v) is 13.7. The predicted molar refractivity (Wildman–Crippen MR) is 87.9 cm³/mol. The summed E-state index contributed by atoms with van der Waals surface area (Å²) in [4.78, 5) is 35.2. The average Bonchev–Trinajstić information content (AvgIpc) is 2.97. The van der Waals surface area contributed by atoms with Gasteiger partial charge in [-0.2, -0.15) is 0 Å². The molecule has 1 aliphatic rings. The van der Waals surface area contributed by atoms with Crippen molar-refractivity contribution in [3.8, 4) is 10.7 Å². The highest BCUT2D eigenvalue weighted by molar-refractivity contribution is 7.17. The fraction of sp³-hybridized carbons (Fsp3) is 0.375. The maximum Gasteiger partial charge on any atom is 0.265 e. The molecule has 0 radical (unpaired) electrons. The summed E-state index contributed by atoms with van der Waals surface area (Å²) in [6, 6.07) is 5.60. The summed E-state index contributed by atoms with van der Waals surface area (Å²) in [6.45, 7) is 2.87. The van der Waals surface area contributed by atoms with Crippen molar-refractivity contribution < 1.29 is 9.59 Å². The molecule has 3 heterocycles. The van der Waals surface area contributed by atoms with E-state index in [1.54, 1.807) is 11.1 Å². The normalized spacial score (nSPS) is 18.0. The molecule has 2 aromatic heterocycles. The number of likely N-dealkylation sites (tertiary alicyclic amines) is 1. The van der Waals surface area contributed by atoms with Gasteiger partial charge in [-0.3, -0.25) is 14.6 Å². The first-order valence-electron chi connectivity index (χ1n) is 7.53. The Kier molecular flexibility index (Phi) is 4.38. The number of nitrogens with zero attached hydrogens (tertiary/aromatic N) is 3. The fourth-order valence-electron chi connectivity index (χ4n) is 2.73. The average molecular weight is 330 g/mol. The van der Waals surface area contributed by atoms with Crippen molar-refractivity contribution in [2.75, 3.05) is 13.1 Å². The van der Waals surface area contributed by atoms with Crippen molar-refractivity contribution in [3.63, 3.8) is 0 Å². The van der Waals surface area contributed by atoms with Crippen LogP contribution in [0.4, 0.5) is 0 Å². The standard InChI is InChI=1S/C16H18N4O2S/c1-10-13(23-15(19-10)12-6-2-3-7-18-12)16(22)20-8-4-5-11(9-20)14(17)21/h2-3,6-7,11H,4-5,8-9H2,1H3,(H2,17,21). The largest absolute Gasteiger partial charge is 0.369 e. The van der Waals surface area contributed by atoms with E-state index >= 15 is 0 Å². The molecule has 0 aromatic carbocycles. The van der Waals surface area contributed by atoms with Crippen molar-refractivity contribution in [2.24, 2.45) is 11.7 Å². The van der Waals surface area contributed by atoms with Gasteiger partial charge in [0.1, 0.15) is 9.88 Å². The first-order valence-corrected chi connectivity index (χ1v) is 8.35. The minimum atomic E-state index is -0.335. The zero-order chi connectivity index (χ0) is 16.4. The number of carbonyl (C=O) groups excluding carboxylic acids is 2. The van der Waals surface area contributed by atoms with Gasteiger partial charge in [0.05, 0.1) is 17.3 Å². The van der Waals surface area contributed by atoms with Crippen molar-refractivity contribution >= 4 is 23.2 Å². The van der Waals surface area contributed by atoms with E-state index in [4.69, 9.17) is 5.73 Å². The Balaban J connectivity index is 1.83. The highest BCUT2D eigenvalue weighted by atomic mass is 32.1. The van der Waals surface area contributed by atoms with Crippen LogP contribution in [0.15, 0.2) is 24.4 Å². The van der Waals surface area contributed by atoms with Gasteiger partial charge in [0.15, 0.2) is 0 Å². The Hall–Kier alpha value is -2.28. The molecule has 7 heteroatoms. The number of hydrogen-bond donors (Lipinski definition) is 1. The molecule has 1 atom stereocenters. The lowest BCUT2D eigenvalue weighted by molar-refractivity contribution is -0.123. The lowest BCUT2D eigenvalue weighted by Crippen LogP contribution is -2.44. The summed E-state index contributed by atoms with van der Waals surface area (Å²) in [7, 11) is 0. The van der Waals surface area contributed by atoms with Crippen LogP contribution in [-0.4, -0.2) is 39.8 Å². The maximum absolute atomic E-state index is 12.8. The van der Waals surface area contributed by atoms with Gasteiger partial charge in [-0.25, -0.2) is 4.98 Å². The molecule has 1 aliphatic heterocycles. The van der Waals surface area contributed by atoms with Crippen LogP contribution in [0, 0.1) is 12.8 Å². The Labute approximate surface area is 138 Å². The molecule has 6 nitrogen and oxygen atoms in total. The van der Waals surface area contributed by atoms with Crippen LogP contribution in [0.25, 0.3) is 10.7 Å². The second-order valence-corrected chi connectivity index (χ2v) is 6.64. The van der Waals surface area contributed by atoms with Gasteiger partial charge in [0.25, 0.3) is 5.91 Å². The quantitative estimate of drug-likeness (QED) is 0.930. The number of thiazole rings is 1. The molecular weight excluding hydrogens is 312 g/mol. The van der Waals surface area contributed by atoms with Crippen LogP contribution in [-0.2, 0) is 4.79 Å². The van der Waals surface area contributed by atoms with Crippen LogP contribution in [0.1, 0.15) is 28.2 Å². The number of rotatable bonds is 3. The number of piperidine rings is 1. The maximum atomic E-state index is 12.8. The van der Waals surface area contributed by atoms with Crippen LogP contribution in [0.2, 0.25) is 0 Å². The number of amides is 2. The summed E-state index contributed by atoms with van der Waals surface area (Å²) < 4.78 is 0. The molecule has 1 fully saturated rings. The lowest BCUT2D eigenvalue weighted by Gasteiger charge is -2.30. The molecular formula is C16H18N4O2S. The number of nitrogens with two attached hydrogens (primary N) is 1. The number of carbonyl (C=O) groups is 2. The zero-order valence-electron chi connectivity index (χ0n) is 12.9. The second kappa shape index (κ2) is 6.45. The van der Waals surface area contributed by atoms with Crippen molar-refractivity contribution in [2.45, 2.75) is 19.8 Å². The van der Waals surface area contributed by atoms with E-state index in [2.05, 4.69) is 9.97 Å². The smallest absolute Gasteiger partial charge is 0.265 e. The molecule has 0 saturated carbocycles. The molecule has 1 saturated heterocycles. The third-order valence-electron chi connectivity index (χ3n) is 3.99. The van der Waals surface area contributed by atoms with E-state index < -0.39 is 0 Å². The van der Waals surface area contributed by atoms with E-state index in [9.17, 15) is 9.59 Å². The fourth-order valence-corrected chi connectivity index (χ4v) is 3.74. The SMILES string of the molecule is Cc1nc(-c2ccccn2)sc1C(=O)N1CCCC(C(N)=O)C1. The van der Waals surface area contributed by atoms with Crippen LogP contribution >= 0.6 is 11.3 Å². The Morgan fingerprint density at radius 3 is 2.91 bits per heavy atom. The summed E-state index contributed by atoms with van der Waals surface area (Å²) in [5, 5.41) is 0.731. The first-order chi connectivity index (χ1) is 11.1. The van der Waals surface area contributed by atoms with Crippen molar-refractivity contribution in [1.82, 2.24) is 14.9 Å². The summed E-state index contributed by atoms with van der Waals surface area (Å²) in [5.74, 6) is -0.665. The van der Waals surface area contributed by atoms with Crippen LogP contribution < -0.4 is 5.73 Å². The molecule has 0 bridgehead atoms. The molecule has 0 spiro atoms. The number of aryl methyl sites for hydroxylation is 1. The van der Waals surface area contributed by atoms with Gasteiger partial charge in [-0.05, 0) is 31.9 Å². The molecule has 0 aliphatic carbocycles. The van der Waals surface area contributed by atoms with Gasteiger partial charge < -0.3 is 10.6 Å². The lowest BCUT2D eigenvalue weighted by atomic mass is 9.97. The Morgan fingerprint density at radius 1 is 1.39 bits per heavy atom. The van der Waals surface area contributed by atoms with Gasteiger partial charge in [-0.15, -0.1) is 11.3 Å². The summed E-state index contributed by atoms with van der Waals surface area (Å²) >= 11 is 1.34. The van der Waals surface area contributed by atoms with Gasteiger partial charge in [-0.1, -0.05) is 6.07 Å². The molecule has 3 rings (SSSR count). The molecule has 1 unspecified atom stereocenters. The van der Waals surface area contributed by atoms with Crippen molar-refractivity contribution in [3.05, 3.63) is 35.0 Å². The minimum absolute atomic E-state index is 0.0758. The predicted octanol–water partition coefficient (Wildman–Crippen LogP) is 1.85. The topological polar surface area (TPSA) is 89.2 Å². The number of aromatic nitrogens is 2. The molecule has 120 valence electrons. The monoisotopic (exact) mass is 330 g/mol. The second-order valence-electron chi connectivity index (χ2n) is 5.64. The summed E-state index contributed by atoms with van der Waals surface area (Å²) in [5.41, 5.74) is 6.84. The third-order valence-corrected chi connectivity index (χ3v) is 5.15. The third kappa shape index (κ3) is 3.24. The highest BCUT2D eigenvalue weighted by Gasteiger charge is 2.29. The summed E-state index contributed by atoms with van der Waals surface area (Å²) in [6.07, 6.45) is 3.25. The Morgan fingerprint density at radius 2 is 2.22 bits per heavy atom. The van der Waals surface area contributed by atoms with E-state index in [0.717, 1.165) is 23.5 Å². The van der Waals surface area contributed by atoms with Crippen molar-refractivity contribution in [1.29, 1.82) is 0 Å². The highest BCUT2D eigenvalue weighted by Crippen LogP contribution is 2.28. The van der Waals surface area contributed by atoms with Gasteiger partial charge in [0, 0.05) is 19.3 Å². The van der Waals surface area contributed by atoms with E-state index in [0.29, 0.717) is 23.7 Å². The van der Waals surface area contributed by atoms with Gasteiger partial charge in [0.2, 0.25) is 5.91 Å². The number of hydrogen-bond acceptors (Lipinski definition) is 5. The van der Waals surface area contributed by atoms with E-state index in [-0.39, 0.29) is 17.7 Å². The van der Waals surface area contributed by atoms with E-state index in [1.165, 1.54) is 11.3 Å². The van der Waals surface area contributed by atoms with Crippen LogP contribution in [0.5, 0.6) is 0 Å². The van der Waals surface area contributed by atoms with Gasteiger partial charge >= 0.3 is 0 Å². The first kappa shape index (κ1) is 15.6. The molecule has 23 heavy (non-hydrogen) atoms. The minimum Gasteiger partial charge on any atom is -0.369 e. The number of primary amides is 1. The molecule has 2 N–H and O–H groups in total. The molecule has 2 aromatic rings. The van der Waals surface area contributed by atoms with E-state index in [1.807, 2.05) is 25.1 Å². The van der Waals surface area contributed by atoms with Crippen LogP contribution in [0.3, 0.4) is 0 Å². The molecule has 2 amide bonds.